The molecule has 7 heteroatoms. The topological polar surface area (TPSA) is 76.8 Å². The Balaban J connectivity index is 0.00000176. The van der Waals surface area contributed by atoms with Gasteiger partial charge < -0.3 is 20.5 Å². The molecular weight excluding hydrogens is 306 g/mol. The molecule has 1 amide bonds. The van der Waals surface area contributed by atoms with Crippen LogP contribution in [0.1, 0.15) is 13.3 Å². The van der Waals surface area contributed by atoms with Crippen LogP contribution in [0.3, 0.4) is 0 Å². The molecule has 0 bridgehead atoms. The molecule has 22 heavy (non-hydrogen) atoms. The predicted octanol–water partition coefficient (Wildman–Crippen LogP) is 1.45. The fourth-order valence-corrected chi connectivity index (χ4v) is 2.81. The van der Waals surface area contributed by atoms with Gasteiger partial charge in [-0.05, 0) is 37.1 Å². The molecule has 3 N–H and O–H groups in total. The number of ether oxygens (including phenoxy) is 2. The number of hydrogen-bond acceptors (Lipinski definition) is 5. The molecule has 1 aromatic carbocycles. The van der Waals surface area contributed by atoms with E-state index in [9.17, 15) is 4.79 Å². The Morgan fingerprint density at radius 3 is 2.91 bits per heavy atom. The maximum Gasteiger partial charge on any atom is 0.238 e. The average Bonchev–Trinajstić information content (AvgIpc) is 3.05. The molecule has 1 atom stereocenters. The summed E-state index contributed by atoms with van der Waals surface area (Å²) in [7, 11) is 0. The average molecular weight is 328 g/mol. The Bertz CT molecular complexity index is 555. The number of carbonyl (C=O) groups is 1. The van der Waals surface area contributed by atoms with Crippen LogP contribution in [-0.2, 0) is 4.79 Å². The van der Waals surface area contributed by atoms with Gasteiger partial charge in [-0.3, -0.25) is 9.69 Å². The largest absolute Gasteiger partial charge is 0.454 e. The summed E-state index contributed by atoms with van der Waals surface area (Å²) in [5.74, 6) is 1.37. The maximum atomic E-state index is 12.1. The number of rotatable bonds is 4. The number of likely N-dealkylation sites (tertiary alicyclic amines) is 1. The number of anilines is 1. The van der Waals surface area contributed by atoms with Crippen LogP contribution >= 0.6 is 12.4 Å². The Hall–Kier alpha value is -1.50. The van der Waals surface area contributed by atoms with E-state index in [0.717, 1.165) is 25.2 Å². The number of halogens is 1. The van der Waals surface area contributed by atoms with E-state index in [1.54, 1.807) is 12.1 Å². The fraction of sp³-hybridized carbons (Fsp3) is 0.533. The zero-order valence-electron chi connectivity index (χ0n) is 12.6. The SMILES string of the molecule is CC1(CN)CCN(CC(=O)Nc2ccc3c(c2)OCO3)C1.Cl. The van der Waals surface area contributed by atoms with E-state index < -0.39 is 0 Å². The third kappa shape index (κ3) is 3.63. The summed E-state index contributed by atoms with van der Waals surface area (Å²) in [5, 5.41) is 2.90. The van der Waals surface area contributed by atoms with Crippen LogP contribution in [0.5, 0.6) is 11.5 Å². The van der Waals surface area contributed by atoms with E-state index >= 15 is 0 Å². The number of hydrogen-bond donors (Lipinski definition) is 2. The van der Waals surface area contributed by atoms with E-state index in [2.05, 4.69) is 17.1 Å². The Kier molecular flexibility index (Phi) is 5.16. The van der Waals surface area contributed by atoms with Gasteiger partial charge in [0.05, 0.1) is 6.54 Å². The molecule has 6 nitrogen and oxygen atoms in total. The van der Waals surface area contributed by atoms with Gasteiger partial charge in [0.1, 0.15) is 0 Å². The summed E-state index contributed by atoms with van der Waals surface area (Å²) in [6, 6.07) is 5.41. The molecular formula is C15H22ClN3O3. The number of nitrogens with zero attached hydrogens (tertiary/aromatic N) is 1. The highest BCUT2D eigenvalue weighted by Crippen LogP contribution is 2.34. The van der Waals surface area contributed by atoms with Crippen molar-refractivity contribution in [3.05, 3.63) is 18.2 Å². The van der Waals surface area contributed by atoms with E-state index in [4.69, 9.17) is 15.2 Å². The van der Waals surface area contributed by atoms with Crippen molar-refractivity contribution in [2.24, 2.45) is 11.1 Å². The predicted molar refractivity (Wildman–Crippen MR) is 86.7 cm³/mol. The number of benzene rings is 1. The summed E-state index contributed by atoms with van der Waals surface area (Å²) in [6.45, 7) is 5.25. The van der Waals surface area contributed by atoms with Crippen LogP contribution in [0.25, 0.3) is 0 Å². The fourth-order valence-electron chi connectivity index (χ4n) is 2.81. The Labute approximate surface area is 136 Å². The lowest BCUT2D eigenvalue weighted by molar-refractivity contribution is -0.117. The zero-order chi connectivity index (χ0) is 14.9. The minimum atomic E-state index is -0.0184. The second kappa shape index (κ2) is 6.73. The van der Waals surface area contributed by atoms with Crippen LogP contribution in [0.2, 0.25) is 0 Å². The molecule has 0 aliphatic carbocycles. The molecule has 0 spiro atoms. The third-order valence-electron chi connectivity index (χ3n) is 4.15. The first-order chi connectivity index (χ1) is 10.1. The quantitative estimate of drug-likeness (QED) is 0.875. The summed E-state index contributed by atoms with van der Waals surface area (Å²) in [6.07, 6.45) is 1.04. The van der Waals surface area contributed by atoms with Crippen LogP contribution in [0, 0.1) is 5.41 Å². The molecule has 1 fully saturated rings. The highest BCUT2D eigenvalue weighted by Gasteiger charge is 2.33. The third-order valence-corrected chi connectivity index (χ3v) is 4.15. The number of fused-ring (bicyclic) bond motifs is 1. The molecule has 2 aliphatic heterocycles. The van der Waals surface area contributed by atoms with Crippen LogP contribution < -0.4 is 20.5 Å². The van der Waals surface area contributed by atoms with Crippen molar-refractivity contribution < 1.29 is 14.3 Å². The molecule has 2 heterocycles. The Morgan fingerprint density at radius 2 is 2.18 bits per heavy atom. The molecule has 3 rings (SSSR count). The van der Waals surface area contributed by atoms with Gasteiger partial charge in [-0.15, -0.1) is 12.4 Å². The van der Waals surface area contributed by atoms with Gasteiger partial charge in [0.25, 0.3) is 0 Å². The van der Waals surface area contributed by atoms with Crippen molar-refractivity contribution >= 4 is 24.0 Å². The second-order valence-electron chi connectivity index (χ2n) is 6.09. The minimum Gasteiger partial charge on any atom is -0.454 e. The van der Waals surface area contributed by atoms with Gasteiger partial charge in [0.15, 0.2) is 11.5 Å². The first-order valence-electron chi connectivity index (χ1n) is 7.20. The second-order valence-corrected chi connectivity index (χ2v) is 6.09. The summed E-state index contributed by atoms with van der Waals surface area (Å²) in [5.41, 5.74) is 6.65. The van der Waals surface area contributed by atoms with Crippen LogP contribution in [-0.4, -0.2) is 43.8 Å². The summed E-state index contributed by atoms with van der Waals surface area (Å²) < 4.78 is 10.5. The number of carbonyl (C=O) groups excluding carboxylic acids is 1. The summed E-state index contributed by atoms with van der Waals surface area (Å²) >= 11 is 0. The monoisotopic (exact) mass is 327 g/mol. The lowest BCUT2D eigenvalue weighted by atomic mass is 9.90. The zero-order valence-corrected chi connectivity index (χ0v) is 13.4. The molecule has 2 aliphatic rings. The van der Waals surface area contributed by atoms with Crippen molar-refractivity contribution in [2.75, 3.05) is 38.3 Å². The smallest absolute Gasteiger partial charge is 0.238 e. The van der Waals surface area contributed by atoms with Crippen LogP contribution in [0.15, 0.2) is 18.2 Å². The van der Waals surface area contributed by atoms with Crippen LogP contribution in [0.4, 0.5) is 5.69 Å². The van der Waals surface area contributed by atoms with Gasteiger partial charge in [-0.25, -0.2) is 0 Å². The van der Waals surface area contributed by atoms with E-state index in [-0.39, 0.29) is 30.5 Å². The van der Waals surface area contributed by atoms with Gasteiger partial charge in [0, 0.05) is 18.3 Å². The first kappa shape index (κ1) is 16.9. The van der Waals surface area contributed by atoms with Crippen molar-refractivity contribution in [3.63, 3.8) is 0 Å². The van der Waals surface area contributed by atoms with E-state index in [0.29, 0.717) is 24.6 Å². The molecule has 1 saturated heterocycles. The maximum absolute atomic E-state index is 12.1. The normalized spacial score (nSPS) is 23.2. The molecule has 0 radical (unpaired) electrons. The standard InChI is InChI=1S/C15H21N3O3.ClH/c1-15(8-16)4-5-18(9-15)7-14(19)17-11-2-3-12-13(6-11)21-10-20-12;/h2-3,6H,4-5,7-10,16H2,1H3,(H,17,19);1H. The summed E-state index contributed by atoms with van der Waals surface area (Å²) in [4.78, 5) is 14.3. The van der Waals surface area contributed by atoms with E-state index in [1.165, 1.54) is 0 Å². The minimum absolute atomic E-state index is 0. The van der Waals surface area contributed by atoms with Crippen molar-refractivity contribution in [2.45, 2.75) is 13.3 Å². The number of nitrogens with one attached hydrogen (secondary N) is 1. The highest BCUT2D eigenvalue weighted by atomic mass is 35.5. The van der Waals surface area contributed by atoms with Crippen molar-refractivity contribution in [1.82, 2.24) is 4.90 Å². The highest BCUT2D eigenvalue weighted by molar-refractivity contribution is 5.92. The number of amides is 1. The van der Waals surface area contributed by atoms with Gasteiger partial charge in [-0.2, -0.15) is 0 Å². The van der Waals surface area contributed by atoms with Crippen molar-refractivity contribution in [3.8, 4) is 11.5 Å². The lowest BCUT2D eigenvalue weighted by Crippen LogP contribution is -2.35. The molecule has 1 aromatic rings. The Morgan fingerprint density at radius 1 is 1.41 bits per heavy atom. The van der Waals surface area contributed by atoms with Gasteiger partial charge in [0.2, 0.25) is 12.7 Å². The van der Waals surface area contributed by atoms with E-state index in [1.807, 2.05) is 6.07 Å². The molecule has 0 aromatic heterocycles. The van der Waals surface area contributed by atoms with Crippen molar-refractivity contribution in [1.29, 1.82) is 0 Å². The first-order valence-corrected chi connectivity index (χ1v) is 7.20. The molecule has 122 valence electrons. The molecule has 0 saturated carbocycles. The van der Waals surface area contributed by atoms with Gasteiger partial charge in [-0.1, -0.05) is 6.92 Å². The van der Waals surface area contributed by atoms with Gasteiger partial charge >= 0.3 is 0 Å². The molecule has 1 unspecified atom stereocenters. The lowest BCUT2D eigenvalue weighted by Gasteiger charge is -2.22. The number of nitrogens with two attached hydrogens (primary N) is 1.